The number of carboxylic acids is 1. The van der Waals surface area contributed by atoms with Crippen LogP contribution in [0.25, 0.3) is 5.69 Å². The van der Waals surface area contributed by atoms with Crippen molar-refractivity contribution >= 4 is 5.97 Å². The van der Waals surface area contributed by atoms with Crippen LogP contribution < -0.4 is 5.32 Å². The highest BCUT2D eigenvalue weighted by molar-refractivity contribution is 5.66. The van der Waals surface area contributed by atoms with E-state index in [-0.39, 0.29) is 6.42 Å². The molecule has 0 amide bonds. The van der Waals surface area contributed by atoms with E-state index >= 15 is 0 Å². The van der Waals surface area contributed by atoms with Gasteiger partial charge < -0.3 is 10.4 Å². The van der Waals surface area contributed by atoms with Gasteiger partial charge in [-0.2, -0.15) is 18.3 Å². The number of carboxylic acid groups (broad SMARTS) is 1. The van der Waals surface area contributed by atoms with Crippen LogP contribution in [0.5, 0.6) is 0 Å². The zero-order valence-electron chi connectivity index (χ0n) is 14.0. The van der Waals surface area contributed by atoms with Crippen LogP contribution in [0.1, 0.15) is 36.8 Å². The van der Waals surface area contributed by atoms with Crippen LogP contribution in [-0.2, 0) is 17.5 Å². The third-order valence-corrected chi connectivity index (χ3v) is 4.69. The number of carbonyl (C=O) groups is 1. The SMILES string of the molecule is O=C(O)CCC1CC(NCc2cnn(-c3ccc(C(F)(F)F)cc3)c2)C1. The van der Waals surface area contributed by atoms with E-state index in [9.17, 15) is 18.0 Å². The first kappa shape index (κ1) is 18.4. The Morgan fingerprint density at radius 3 is 2.58 bits per heavy atom. The molecule has 2 N–H and O–H groups in total. The van der Waals surface area contributed by atoms with Crippen molar-refractivity contribution in [1.29, 1.82) is 0 Å². The normalized spacial score (nSPS) is 20.0. The minimum absolute atomic E-state index is 0.220. The number of nitrogens with one attached hydrogen (secondary N) is 1. The smallest absolute Gasteiger partial charge is 0.416 e. The Morgan fingerprint density at radius 2 is 1.96 bits per heavy atom. The second-order valence-electron chi connectivity index (χ2n) is 6.69. The van der Waals surface area contributed by atoms with Gasteiger partial charge in [0.15, 0.2) is 0 Å². The van der Waals surface area contributed by atoms with Crippen LogP contribution in [0.15, 0.2) is 36.7 Å². The van der Waals surface area contributed by atoms with E-state index in [2.05, 4.69) is 10.4 Å². The summed E-state index contributed by atoms with van der Waals surface area (Å²) >= 11 is 0. The van der Waals surface area contributed by atoms with Crippen molar-refractivity contribution in [1.82, 2.24) is 15.1 Å². The minimum Gasteiger partial charge on any atom is -0.481 e. The Labute approximate surface area is 148 Å². The van der Waals surface area contributed by atoms with Crippen molar-refractivity contribution < 1.29 is 23.1 Å². The molecule has 1 aliphatic carbocycles. The summed E-state index contributed by atoms with van der Waals surface area (Å²) in [6, 6.07) is 5.25. The number of hydrogen-bond acceptors (Lipinski definition) is 3. The molecule has 140 valence electrons. The van der Waals surface area contributed by atoms with Gasteiger partial charge in [-0.25, -0.2) is 4.68 Å². The maximum absolute atomic E-state index is 12.6. The summed E-state index contributed by atoms with van der Waals surface area (Å²) in [5.41, 5.74) is 0.832. The molecule has 0 spiro atoms. The molecule has 0 bridgehead atoms. The lowest BCUT2D eigenvalue weighted by Crippen LogP contribution is -2.40. The van der Waals surface area contributed by atoms with E-state index in [0.717, 1.165) is 37.0 Å². The van der Waals surface area contributed by atoms with E-state index < -0.39 is 17.7 Å². The molecule has 1 aromatic heterocycles. The van der Waals surface area contributed by atoms with Crippen molar-refractivity contribution in [3.63, 3.8) is 0 Å². The van der Waals surface area contributed by atoms with Crippen molar-refractivity contribution in [2.45, 2.75) is 44.4 Å². The Hall–Kier alpha value is -2.35. The van der Waals surface area contributed by atoms with Crippen LogP contribution >= 0.6 is 0 Å². The van der Waals surface area contributed by atoms with Gasteiger partial charge in [-0.3, -0.25) is 4.79 Å². The number of nitrogens with zero attached hydrogens (tertiary/aromatic N) is 2. The number of alkyl halides is 3. The number of halogens is 3. The summed E-state index contributed by atoms with van der Waals surface area (Å²) < 4.78 is 39.3. The zero-order chi connectivity index (χ0) is 18.7. The number of aromatic nitrogens is 2. The van der Waals surface area contributed by atoms with Crippen LogP contribution in [-0.4, -0.2) is 26.9 Å². The molecular weight excluding hydrogens is 347 g/mol. The summed E-state index contributed by atoms with van der Waals surface area (Å²) in [7, 11) is 0. The largest absolute Gasteiger partial charge is 0.481 e. The summed E-state index contributed by atoms with van der Waals surface area (Å²) in [5.74, 6) is -0.282. The van der Waals surface area contributed by atoms with Gasteiger partial charge in [0.25, 0.3) is 0 Å². The lowest BCUT2D eigenvalue weighted by Gasteiger charge is -2.35. The summed E-state index contributed by atoms with van der Waals surface area (Å²) in [5, 5.41) is 16.3. The van der Waals surface area contributed by atoms with Gasteiger partial charge in [0, 0.05) is 30.8 Å². The standard InChI is InChI=1S/C18H20F3N3O2/c19-18(20,21)14-2-4-16(5-3-14)24-11-13(10-23-24)9-22-15-7-12(8-15)1-6-17(25)26/h2-5,10-12,15,22H,1,6-9H2,(H,25,26). The number of benzene rings is 1. The van der Waals surface area contributed by atoms with Crippen LogP contribution in [0.4, 0.5) is 13.2 Å². The molecule has 5 nitrogen and oxygen atoms in total. The molecule has 1 saturated carbocycles. The summed E-state index contributed by atoms with van der Waals surface area (Å²) in [6.45, 7) is 0.622. The molecule has 3 rings (SSSR count). The second-order valence-corrected chi connectivity index (χ2v) is 6.69. The summed E-state index contributed by atoms with van der Waals surface area (Å²) in [4.78, 5) is 10.5. The maximum atomic E-state index is 12.6. The van der Waals surface area contributed by atoms with Gasteiger partial charge in [0.05, 0.1) is 17.4 Å². The zero-order valence-corrected chi connectivity index (χ0v) is 14.0. The lowest BCUT2D eigenvalue weighted by atomic mass is 9.77. The molecule has 1 aliphatic rings. The molecule has 0 aliphatic heterocycles. The quantitative estimate of drug-likeness (QED) is 0.784. The van der Waals surface area contributed by atoms with Gasteiger partial charge in [0.2, 0.25) is 0 Å². The minimum atomic E-state index is -4.34. The Kier molecular flexibility index (Phi) is 5.31. The first-order valence-electron chi connectivity index (χ1n) is 8.47. The highest BCUT2D eigenvalue weighted by Crippen LogP contribution is 2.31. The van der Waals surface area contributed by atoms with Crippen LogP contribution in [0, 0.1) is 5.92 Å². The Morgan fingerprint density at radius 1 is 1.27 bits per heavy atom. The predicted molar refractivity (Wildman–Crippen MR) is 88.8 cm³/mol. The van der Waals surface area contributed by atoms with Crippen molar-refractivity contribution in [3.05, 3.63) is 47.8 Å². The number of rotatable bonds is 7. The lowest BCUT2D eigenvalue weighted by molar-refractivity contribution is -0.138. The van der Waals surface area contributed by atoms with E-state index in [1.165, 1.54) is 12.1 Å². The first-order valence-corrected chi connectivity index (χ1v) is 8.47. The Bertz CT molecular complexity index is 750. The molecule has 0 unspecified atom stereocenters. The first-order chi connectivity index (χ1) is 12.3. The fourth-order valence-electron chi connectivity index (χ4n) is 3.12. The average molecular weight is 367 g/mol. The molecule has 0 atom stereocenters. The second kappa shape index (κ2) is 7.49. The van der Waals surface area contributed by atoms with Gasteiger partial charge in [-0.1, -0.05) is 0 Å². The van der Waals surface area contributed by atoms with E-state index in [0.29, 0.717) is 24.2 Å². The molecule has 0 radical (unpaired) electrons. The van der Waals surface area contributed by atoms with E-state index in [1.54, 1.807) is 17.1 Å². The molecule has 0 saturated heterocycles. The fraction of sp³-hybridized carbons (Fsp3) is 0.444. The highest BCUT2D eigenvalue weighted by atomic mass is 19.4. The Balaban J connectivity index is 1.48. The predicted octanol–water partition coefficient (Wildman–Crippen LogP) is 3.62. The third-order valence-electron chi connectivity index (χ3n) is 4.69. The molecule has 1 fully saturated rings. The monoisotopic (exact) mass is 367 g/mol. The van der Waals surface area contributed by atoms with Gasteiger partial charge in [-0.05, 0) is 49.4 Å². The molecule has 1 aromatic carbocycles. The van der Waals surface area contributed by atoms with Gasteiger partial charge in [0.1, 0.15) is 0 Å². The highest BCUT2D eigenvalue weighted by Gasteiger charge is 2.30. The topological polar surface area (TPSA) is 67.2 Å². The third kappa shape index (κ3) is 4.63. The molecule has 8 heteroatoms. The van der Waals surface area contributed by atoms with E-state index in [4.69, 9.17) is 5.11 Å². The van der Waals surface area contributed by atoms with Crippen molar-refractivity contribution in [2.75, 3.05) is 0 Å². The van der Waals surface area contributed by atoms with Gasteiger partial charge in [-0.15, -0.1) is 0 Å². The molecule has 26 heavy (non-hydrogen) atoms. The molecule has 1 heterocycles. The number of hydrogen-bond donors (Lipinski definition) is 2. The number of aliphatic carboxylic acids is 1. The maximum Gasteiger partial charge on any atom is 0.416 e. The van der Waals surface area contributed by atoms with Gasteiger partial charge >= 0.3 is 12.1 Å². The average Bonchev–Trinajstić information content (AvgIpc) is 3.01. The van der Waals surface area contributed by atoms with Crippen molar-refractivity contribution in [3.8, 4) is 5.69 Å². The summed E-state index contributed by atoms with van der Waals surface area (Å²) in [6.07, 6.45) is 2.02. The fourth-order valence-corrected chi connectivity index (χ4v) is 3.12. The molecule has 2 aromatic rings. The van der Waals surface area contributed by atoms with Crippen LogP contribution in [0.2, 0.25) is 0 Å². The molecular formula is C18H20F3N3O2. The van der Waals surface area contributed by atoms with E-state index in [1.807, 2.05) is 0 Å². The van der Waals surface area contributed by atoms with Crippen molar-refractivity contribution in [2.24, 2.45) is 5.92 Å². The van der Waals surface area contributed by atoms with Crippen LogP contribution in [0.3, 0.4) is 0 Å².